The van der Waals surface area contributed by atoms with Gasteiger partial charge in [0.2, 0.25) is 10.0 Å². The molecule has 1 aliphatic rings. The largest absolute Gasteiger partial charge is 0.481 e. The van der Waals surface area contributed by atoms with Crippen LogP contribution in [-0.4, -0.2) is 48.8 Å². The van der Waals surface area contributed by atoms with Gasteiger partial charge in [-0.2, -0.15) is 4.31 Å². The molecule has 0 heterocycles. The Hall–Kier alpha value is -1.93. The number of amides is 1. The van der Waals surface area contributed by atoms with Crippen LogP contribution in [0.25, 0.3) is 0 Å². The maximum Gasteiger partial charge on any atom is 0.306 e. The number of benzene rings is 1. The third-order valence-electron chi connectivity index (χ3n) is 4.89. The van der Waals surface area contributed by atoms with Gasteiger partial charge >= 0.3 is 5.97 Å². The highest BCUT2D eigenvalue weighted by molar-refractivity contribution is 7.89. The molecule has 0 spiro atoms. The molecule has 2 atom stereocenters. The van der Waals surface area contributed by atoms with Crippen LogP contribution in [0.5, 0.6) is 0 Å². The van der Waals surface area contributed by atoms with Crippen LogP contribution < -0.4 is 5.32 Å². The van der Waals surface area contributed by atoms with Crippen LogP contribution in [0.1, 0.15) is 49.0 Å². The highest BCUT2D eigenvalue weighted by Crippen LogP contribution is 2.26. The van der Waals surface area contributed by atoms with Crippen LogP contribution in [-0.2, 0) is 14.8 Å². The van der Waals surface area contributed by atoms with Crippen LogP contribution in [0.2, 0.25) is 0 Å². The lowest BCUT2D eigenvalue weighted by Crippen LogP contribution is -2.34. The summed E-state index contributed by atoms with van der Waals surface area (Å²) in [4.78, 5) is 23.7. The van der Waals surface area contributed by atoms with Crippen LogP contribution in [0.4, 0.5) is 0 Å². The first kappa shape index (κ1) is 20.4. The number of sulfonamides is 1. The predicted molar refractivity (Wildman–Crippen MR) is 97.5 cm³/mol. The fraction of sp³-hybridized carbons (Fsp3) is 0.556. The number of nitrogens with one attached hydrogen (secondary N) is 1. The second kappa shape index (κ2) is 8.18. The lowest BCUT2D eigenvalue weighted by Gasteiger charge is -2.20. The molecule has 0 aromatic heterocycles. The van der Waals surface area contributed by atoms with Gasteiger partial charge in [-0.15, -0.1) is 0 Å². The summed E-state index contributed by atoms with van der Waals surface area (Å²) >= 11 is 0. The van der Waals surface area contributed by atoms with Crippen molar-refractivity contribution in [2.75, 3.05) is 13.1 Å². The Morgan fingerprint density at radius 2 is 1.88 bits per heavy atom. The molecule has 1 aliphatic carbocycles. The zero-order valence-corrected chi connectivity index (χ0v) is 16.2. The molecule has 0 radical (unpaired) electrons. The number of nitrogens with zero attached hydrogens (tertiary/aromatic N) is 1. The highest BCUT2D eigenvalue weighted by Gasteiger charge is 2.31. The zero-order chi connectivity index (χ0) is 19.5. The number of aliphatic carboxylic acids is 1. The number of hydrogen-bond acceptors (Lipinski definition) is 4. The summed E-state index contributed by atoms with van der Waals surface area (Å²) < 4.78 is 26.9. The van der Waals surface area contributed by atoms with Gasteiger partial charge in [0.1, 0.15) is 0 Å². The molecule has 0 bridgehead atoms. The van der Waals surface area contributed by atoms with Crippen LogP contribution in [0.3, 0.4) is 0 Å². The summed E-state index contributed by atoms with van der Waals surface area (Å²) in [6.45, 7) is 5.95. The number of hydrogen-bond donors (Lipinski definition) is 2. The third-order valence-corrected chi connectivity index (χ3v) is 7.08. The molecule has 0 aliphatic heterocycles. The van der Waals surface area contributed by atoms with Crippen LogP contribution in [0.15, 0.2) is 23.1 Å². The molecule has 1 saturated carbocycles. The van der Waals surface area contributed by atoms with E-state index >= 15 is 0 Å². The van der Waals surface area contributed by atoms with Gasteiger partial charge in [-0.3, -0.25) is 9.59 Å². The summed E-state index contributed by atoms with van der Waals surface area (Å²) in [5.41, 5.74) is 0.848. The lowest BCUT2D eigenvalue weighted by atomic mass is 10.1. The molecule has 7 nitrogen and oxygen atoms in total. The summed E-state index contributed by atoms with van der Waals surface area (Å²) in [7, 11) is -3.66. The first-order chi connectivity index (χ1) is 12.2. The van der Waals surface area contributed by atoms with Crippen molar-refractivity contribution in [2.24, 2.45) is 5.92 Å². The minimum absolute atomic E-state index is 0.128. The standard InChI is InChI=1S/C18H26N2O5S/c1-4-20(5-2)26(24,25)16-11-13(7-6-12(16)3)17(21)19-15-9-8-14(10-15)18(22)23/h6-7,11,14-15H,4-5,8-10H2,1-3H3,(H,19,21)(H,22,23)/t14-,15+/m0/s1. The van der Waals surface area contributed by atoms with E-state index in [-0.39, 0.29) is 22.4 Å². The first-order valence-electron chi connectivity index (χ1n) is 8.85. The Bertz CT molecular complexity index is 787. The summed E-state index contributed by atoms with van der Waals surface area (Å²) in [5.74, 6) is -1.65. The van der Waals surface area contributed by atoms with E-state index in [1.807, 2.05) is 0 Å². The minimum Gasteiger partial charge on any atom is -0.481 e. The van der Waals surface area contributed by atoms with Crippen LogP contribution >= 0.6 is 0 Å². The van der Waals surface area contributed by atoms with Crippen molar-refractivity contribution in [1.29, 1.82) is 0 Å². The normalized spacial score (nSPS) is 20.3. The number of carboxylic acid groups (broad SMARTS) is 1. The van der Waals surface area contributed by atoms with E-state index in [9.17, 15) is 18.0 Å². The molecular formula is C18H26N2O5S. The number of aryl methyl sites for hydroxylation is 1. The number of carbonyl (C=O) groups excluding carboxylic acids is 1. The van der Waals surface area contributed by atoms with E-state index < -0.39 is 21.9 Å². The quantitative estimate of drug-likeness (QED) is 0.751. The molecule has 1 aromatic rings. The molecule has 0 unspecified atom stereocenters. The molecule has 2 N–H and O–H groups in total. The third kappa shape index (κ3) is 4.24. The van der Waals surface area contributed by atoms with Crippen molar-refractivity contribution in [1.82, 2.24) is 9.62 Å². The van der Waals surface area contributed by atoms with E-state index in [1.54, 1.807) is 32.9 Å². The average molecular weight is 382 g/mol. The predicted octanol–water partition coefficient (Wildman–Crippen LogP) is 2.01. The topological polar surface area (TPSA) is 104 Å². The van der Waals surface area contributed by atoms with Crippen molar-refractivity contribution in [3.05, 3.63) is 29.3 Å². The Kier molecular flexibility index (Phi) is 6.41. The van der Waals surface area contributed by atoms with Gasteiger partial charge in [-0.05, 0) is 43.9 Å². The molecular weight excluding hydrogens is 356 g/mol. The van der Waals surface area contributed by atoms with Crippen molar-refractivity contribution in [3.63, 3.8) is 0 Å². The van der Waals surface area contributed by atoms with Gasteiger partial charge in [0.15, 0.2) is 0 Å². The number of carbonyl (C=O) groups is 2. The lowest BCUT2D eigenvalue weighted by molar-refractivity contribution is -0.141. The second-order valence-corrected chi connectivity index (χ2v) is 8.49. The molecule has 26 heavy (non-hydrogen) atoms. The Balaban J connectivity index is 2.21. The zero-order valence-electron chi connectivity index (χ0n) is 15.4. The fourth-order valence-electron chi connectivity index (χ4n) is 3.33. The van der Waals surface area contributed by atoms with Crippen molar-refractivity contribution in [2.45, 2.75) is 51.0 Å². The smallest absolute Gasteiger partial charge is 0.306 e. The maximum absolute atomic E-state index is 12.8. The van der Waals surface area contributed by atoms with Crippen molar-refractivity contribution in [3.8, 4) is 0 Å². The molecule has 1 amide bonds. The Labute approximate surface area is 154 Å². The Morgan fingerprint density at radius 3 is 2.42 bits per heavy atom. The molecule has 0 saturated heterocycles. The van der Waals surface area contributed by atoms with Crippen LogP contribution in [0, 0.1) is 12.8 Å². The average Bonchev–Trinajstić information content (AvgIpc) is 3.04. The fourth-order valence-corrected chi connectivity index (χ4v) is 5.04. The van der Waals surface area contributed by atoms with Gasteiger partial charge in [-0.1, -0.05) is 19.9 Å². The van der Waals surface area contributed by atoms with E-state index in [4.69, 9.17) is 5.11 Å². The van der Waals surface area contributed by atoms with E-state index in [2.05, 4.69) is 5.32 Å². The molecule has 1 aromatic carbocycles. The SMILES string of the molecule is CCN(CC)S(=O)(=O)c1cc(C(=O)N[C@@H]2CC[C@H](C(=O)O)C2)ccc1C. The molecule has 8 heteroatoms. The van der Waals surface area contributed by atoms with Gasteiger partial charge in [-0.25, -0.2) is 8.42 Å². The van der Waals surface area contributed by atoms with Gasteiger partial charge in [0, 0.05) is 24.7 Å². The van der Waals surface area contributed by atoms with Gasteiger partial charge in [0.05, 0.1) is 10.8 Å². The van der Waals surface area contributed by atoms with E-state index in [0.29, 0.717) is 37.9 Å². The number of rotatable bonds is 7. The van der Waals surface area contributed by atoms with Crippen molar-refractivity contribution >= 4 is 21.9 Å². The monoisotopic (exact) mass is 382 g/mol. The molecule has 144 valence electrons. The molecule has 2 rings (SSSR count). The Morgan fingerprint density at radius 1 is 1.23 bits per heavy atom. The summed E-state index contributed by atoms with van der Waals surface area (Å²) in [6.07, 6.45) is 1.55. The minimum atomic E-state index is -3.66. The van der Waals surface area contributed by atoms with E-state index in [0.717, 1.165) is 0 Å². The summed E-state index contributed by atoms with van der Waals surface area (Å²) in [5, 5.41) is 11.9. The first-order valence-corrected chi connectivity index (χ1v) is 10.3. The highest BCUT2D eigenvalue weighted by atomic mass is 32.2. The van der Waals surface area contributed by atoms with Crippen molar-refractivity contribution < 1.29 is 23.1 Å². The number of carboxylic acids is 1. The maximum atomic E-state index is 12.8. The second-order valence-electron chi connectivity index (χ2n) is 6.59. The van der Waals surface area contributed by atoms with E-state index in [1.165, 1.54) is 10.4 Å². The molecule has 1 fully saturated rings. The van der Waals surface area contributed by atoms with Gasteiger partial charge < -0.3 is 10.4 Å². The van der Waals surface area contributed by atoms with Gasteiger partial charge in [0.25, 0.3) is 5.91 Å². The summed E-state index contributed by atoms with van der Waals surface area (Å²) in [6, 6.07) is 4.42.